The number of rotatable bonds is 4. The van der Waals surface area contributed by atoms with Gasteiger partial charge in [-0.15, -0.1) is 11.3 Å². The number of aliphatic carboxylic acids is 1. The average Bonchev–Trinajstić information content (AvgIpc) is 2.88. The van der Waals surface area contributed by atoms with Gasteiger partial charge in [-0.2, -0.15) is 0 Å². The van der Waals surface area contributed by atoms with Crippen LogP contribution in [0.2, 0.25) is 5.02 Å². The Hall–Kier alpha value is -1.92. The van der Waals surface area contributed by atoms with Gasteiger partial charge >= 0.3 is 5.97 Å². The normalized spacial score (nSPS) is 10.2. The van der Waals surface area contributed by atoms with E-state index in [0.717, 1.165) is 4.90 Å². The number of carboxylic acids is 1. The Kier molecular flexibility index (Phi) is 4.13. The van der Waals surface area contributed by atoms with Gasteiger partial charge in [0.2, 0.25) is 0 Å². The van der Waals surface area contributed by atoms with E-state index in [1.807, 2.05) is 0 Å². The quantitative estimate of drug-likeness (QED) is 0.941. The molecule has 5 nitrogen and oxygen atoms in total. The first kappa shape index (κ1) is 13.5. The molecule has 2 rings (SSSR count). The van der Waals surface area contributed by atoms with Gasteiger partial charge in [-0.3, -0.25) is 14.5 Å². The molecule has 2 aromatic rings. The summed E-state index contributed by atoms with van der Waals surface area (Å²) in [7, 11) is 0. The second-order valence-corrected chi connectivity index (χ2v) is 4.79. The van der Waals surface area contributed by atoms with E-state index in [2.05, 4.69) is 4.98 Å². The minimum Gasteiger partial charge on any atom is -0.480 e. The number of halogens is 1. The first-order chi connectivity index (χ1) is 9.08. The van der Waals surface area contributed by atoms with E-state index >= 15 is 0 Å². The fourth-order valence-corrected chi connectivity index (χ4v) is 2.23. The third kappa shape index (κ3) is 3.30. The van der Waals surface area contributed by atoms with Crippen LogP contribution in [0.3, 0.4) is 0 Å². The molecule has 7 heteroatoms. The SMILES string of the molecule is O=C(O)CN(C(=O)c1cscn1)c1cccc(Cl)c1. The van der Waals surface area contributed by atoms with Crippen LogP contribution in [0.1, 0.15) is 10.5 Å². The van der Waals surface area contributed by atoms with Gasteiger partial charge in [-0.25, -0.2) is 4.98 Å². The lowest BCUT2D eigenvalue weighted by atomic mass is 10.2. The molecule has 0 radical (unpaired) electrons. The number of anilines is 1. The molecule has 0 saturated carbocycles. The summed E-state index contributed by atoms with van der Waals surface area (Å²) in [5.41, 5.74) is 2.16. The van der Waals surface area contributed by atoms with Crippen LogP contribution in [0.4, 0.5) is 5.69 Å². The number of carbonyl (C=O) groups is 2. The number of thiazole rings is 1. The van der Waals surface area contributed by atoms with Crippen LogP contribution in [0, 0.1) is 0 Å². The number of amides is 1. The third-order valence-corrected chi connectivity index (χ3v) is 3.13. The predicted octanol–water partition coefficient (Wildman–Crippen LogP) is 2.53. The summed E-state index contributed by atoms with van der Waals surface area (Å²) in [6.45, 7) is -0.448. The van der Waals surface area contributed by atoms with Gasteiger partial charge in [0.1, 0.15) is 12.2 Å². The summed E-state index contributed by atoms with van der Waals surface area (Å²) >= 11 is 7.13. The molecule has 0 bridgehead atoms. The Bertz CT molecular complexity index is 601. The molecule has 0 unspecified atom stereocenters. The molecular formula is C12H9ClN2O3S. The molecule has 0 saturated heterocycles. The second-order valence-electron chi connectivity index (χ2n) is 3.64. The van der Waals surface area contributed by atoms with Crippen molar-refractivity contribution >= 4 is 40.5 Å². The van der Waals surface area contributed by atoms with Crippen molar-refractivity contribution < 1.29 is 14.7 Å². The largest absolute Gasteiger partial charge is 0.480 e. The number of carboxylic acid groups (broad SMARTS) is 1. The van der Waals surface area contributed by atoms with Crippen LogP contribution >= 0.6 is 22.9 Å². The summed E-state index contributed by atoms with van der Waals surface area (Å²) in [6.07, 6.45) is 0. The Labute approximate surface area is 118 Å². The number of carbonyl (C=O) groups excluding carboxylic acids is 1. The fourth-order valence-electron chi connectivity index (χ4n) is 1.52. The molecular weight excluding hydrogens is 288 g/mol. The van der Waals surface area contributed by atoms with Gasteiger partial charge in [-0.05, 0) is 18.2 Å². The number of hydrogen-bond donors (Lipinski definition) is 1. The van der Waals surface area contributed by atoms with E-state index in [1.165, 1.54) is 22.9 Å². The van der Waals surface area contributed by atoms with Crippen molar-refractivity contribution in [2.75, 3.05) is 11.4 Å². The minimum absolute atomic E-state index is 0.214. The van der Waals surface area contributed by atoms with Crippen LogP contribution in [-0.2, 0) is 4.79 Å². The summed E-state index contributed by atoms with van der Waals surface area (Å²) in [5, 5.41) is 10.9. The van der Waals surface area contributed by atoms with Gasteiger partial charge < -0.3 is 5.11 Å². The maximum absolute atomic E-state index is 12.2. The number of hydrogen-bond acceptors (Lipinski definition) is 4. The molecule has 19 heavy (non-hydrogen) atoms. The number of benzene rings is 1. The van der Waals surface area contributed by atoms with E-state index in [1.54, 1.807) is 23.6 Å². The summed E-state index contributed by atoms with van der Waals surface area (Å²) in [6, 6.07) is 6.46. The minimum atomic E-state index is -1.11. The van der Waals surface area contributed by atoms with Crippen molar-refractivity contribution in [3.8, 4) is 0 Å². The monoisotopic (exact) mass is 296 g/mol. The van der Waals surface area contributed by atoms with Crippen LogP contribution in [0.15, 0.2) is 35.2 Å². The highest BCUT2D eigenvalue weighted by molar-refractivity contribution is 7.07. The third-order valence-electron chi connectivity index (χ3n) is 2.31. The van der Waals surface area contributed by atoms with Crippen LogP contribution in [0.5, 0.6) is 0 Å². The van der Waals surface area contributed by atoms with Crippen molar-refractivity contribution in [1.82, 2.24) is 4.98 Å². The van der Waals surface area contributed by atoms with E-state index < -0.39 is 18.4 Å². The van der Waals surface area contributed by atoms with Crippen LogP contribution in [0.25, 0.3) is 0 Å². The highest BCUT2D eigenvalue weighted by Gasteiger charge is 2.21. The number of aromatic nitrogens is 1. The molecule has 0 atom stereocenters. The summed E-state index contributed by atoms with van der Waals surface area (Å²) in [4.78, 5) is 28.1. The number of nitrogens with zero attached hydrogens (tertiary/aromatic N) is 2. The van der Waals surface area contributed by atoms with Crippen molar-refractivity contribution in [2.45, 2.75) is 0 Å². The topological polar surface area (TPSA) is 70.5 Å². The van der Waals surface area contributed by atoms with Gasteiger partial charge in [-0.1, -0.05) is 17.7 Å². The molecule has 1 N–H and O–H groups in total. The molecule has 0 fully saturated rings. The Balaban J connectivity index is 2.36. The van der Waals surface area contributed by atoms with Crippen molar-refractivity contribution in [3.63, 3.8) is 0 Å². The lowest BCUT2D eigenvalue weighted by Crippen LogP contribution is -2.35. The molecule has 0 aliphatic rings. The lowest BCUT2D eigenvalue weighted by Gasteiger charge is -2.20. The Morgan fingerprint density at radius 3 is 2.79 bits per heavy atom. The van der Waals surface area contributed by atoms with E-state index in [4.69, 9.17) is 16.7 Å². The van der Waals surface area contributed by atoms with E-state index in [-0.39, 0.29) is 5.69 Å². The summed E-state index contributed by atoms with van der Waals surface area (Å²) in [5.74, 6) is -1.57. The van der Waals surface area contributed by atoms with Gasteiger partial charge in [0.25, 0.3) is 5.91 Å². The predicted molar refractivity (Wildman–Crippen MR) is 72.9 cm³/mol. The smallest absolute Gasteiger partial charge is 0.323 e. The Morgan fingerprint density at radius 1 is 1.42 bits per heavy atom. The molecule has 0 spiro atoms. The zero-order valence-corrected chi connectivity index (χ0v) is 11.2. The zero-order chi connectivity index (χ0) is 13.8. The average molecular weight is 297 g/mol. The maximum atomic E-state index is 12.2. The zero-order valence-electron chi connectivity index (χ0n) is 9.62. The molecule has 1 aromatic carbocycles. The molecule has 1 aromatic heterocycles. The first-order valence-corrected chi connectivity index (χ1v) is 6.57. The van der Waals surface area contributed by atoms with Gasteiger partial charge in [0.05, 0.1) is 5.51 Å². The molecule has 98 valence electrons. The van der Waals surface area contributed by atoms with E-state index in [0.29, 0.717) is 10.7 Å². The highest BCUT2D eigenvalue weighted by Crippen LogP contribution is 2.21. The summed E-state index contributed by atoms with van der Waals surface area (Å²) < 4.78 is 0. The van der Waals surface area contributed by atoms with Crippen LogP contribution in [-0.4, -0.2) is 28.5 Å². The maximum Gasteiger partial charge on any atom is 0.323 e. The van der Waals surface area contributed by atoms with Crippen molar-refractivity contribution in [2.24, 2.45) is 0 Å². The molecule has 1 heterocycles. The second kappa shape index (κ2) is 5.81. The van der Waals surface area contributed by atoms with Crippen LogP contribution < -0.4 is 4.90 Å². The standard InChI is InChI=1S/C12H9ClN2O3S/c13-8-2-1-3-9(4-8)15(5-11(16)17)12(18)10-6-19-7-14-10/h1-4,6-7H,5H2,(H,16,17). The molecule has 0 aliphatic carbocycles. The first-order valence-electron chi connectivity index (χ1n) is 5.25. The van der Waals surface area contributed by atoms with Crippen molar-refractivity contribution in [3.05, 3.63) is 45.9 Å². The van der Waals surface area contributed by atoms with Crippen molar-refractivity contribution in [1.29, 1.82) is 0 Å². The van der Waals surface area contributed by atoms with Gasteiger partial charge in [0, 0.05) is 16.1 Å². The van der Waals surface area contributed by atoms with Gasteiger partial charge in [0.15, 0.2) is 0 Å². The fraction of sp³-hybridized carbons (Fsp3) is 0.0833. The molecule has 0 aliphatic heterocycles. The van der Waals surface area contributed by atoms with E-state index in [9.17, 15) is 9.59 Å². The highest BCUT2D eigenvalue weighted by atomic mass is 35.5. The molecule has 1 amide bonds. The lowest BCUT2D eigenvalue weighted by molar-refractivity contribution is -0.135. The Morgan fingerprint density at radius 2 is 2.21 bits per heavy atom.